The van der Waals surface area contributed by atoms with Gasteiger partial charge in [-0.25, -0.2) is 4.98 Å². The Morgan fingerprint density at radius 3 is 3.24 bits per heavy atom. The summed E-state index contributed by atoms with van der Waals surface area (Å²) < 4.78 is 18.6. The molecule has 0 radical (unpaired) electrons. The van der Waals surface area contributed by atoms with Crippen molar-refractivity contribution in [3.05, 3.63) is 29.8 Å². The lowest BCUT2D eigenvalue weighted by Gasteiger charge is -2.10. The number of aromatic nitrogens is 1. The Morgan fingerprint density at radius 2 is 2.53 bits per heavy atom. The van der Waals surface area contributed by atoms with Gasteiger partial charge in [-0.1, -0.05) is 0 Å². The van der Waals surface area contributed by atoms with Gasteiger partial charge in [0.1, 0.15) is 0 Å². The Morgan fingerprint density at radius 1 is 1.65 bits per heavy atom. The quantitative estimate of drug-likeness (QED) is 0.809. The van der Waals surface area contributed by atoms with Gasteiger partial charge in [-0.15, -0.1) is 0 Å². The molecular formula is C12H15FN2O2. The van der Waals surface area contributed by atoms with Gasteiger partial charge in [0.05, 0.1) is 11.7 Å². The smallest absolute Gasteiger partial charge is 0.255 e. The number of hydrogen-bond acceptors (Lipinski definition) is 3. The highest BCUT2D eigenvalue weighted by Gasteiger charge is 2.16. The van der Waals surface area contributed by atoms with Crippen LogP contribution in [0.5, 0.6) is 0 Å². The monoisotopic (exact) mass is 238 g/mol. The summed E-state index contributed by atoms with van der Waals surface area (Å²) in [5, 5.41) is 2.67. The molecule has 1 aliphatic heterocycles. The maximum atomic E-state index is 13.2. The molecule has 1 unspecified atom stereocenters. The van der Waals surface area contributed by atoms with Crippen LogP contribution in [0.15, 0.2) is 18.3 Å². The first kappa shape index (κ1) is 12.0. The van der Waals surface area contributed by atoms with E-state index in [1.807, 2.05) is 0 Å². The average molecular weight is 238 g/mol. The number of rotatable bonds is 4. The fourth-order valence-electron chi connectivity index (χ4n) is 1.87. The van der Waals surface area contributed by atoms with Crippen LogP contribution in [-0.4, -0.2) is 30.1 Å². The van der Waals surface area contributed by atoms with Crippen molar-refractivity contribution in [2.45, 2.75) is 25.4 Å². The van der Waals surface area contributed by atoms with Crippen LogP contribution in [0.1, 0.15) is 29.6 Å². The Labute approximate surface area is 99.2 Å². The molecule has 2 rings (SSSR count). The summed E-state index contributed by atoms with van der Waals surface area (Å²) in [5.74, 6) is -1.16. The summed E-state index contributed by atoms with van der Waals surface area (Å²) in [6.45, 7) is 1.30. The molecule has 0 aromatic carbocycles. The number of nitrogens with one attached hydrogen (secondary N) is 1. The maximum absolute atomic E-state index is 13.2. The Balaban J connectivity index is 1.79. The largest absolute Gasteiger partial charge is 0.378 e. The molecule has 0 spiro atoms. The first-order valence-electron chi connectivity index (χ1n) is 5.77. The minimum Gasteiger partial charge on any atom is -0.378 e. The third-order valence-corrected chi connectivity index (χ3v) is 2.78. The van der Waals surface area contributed by atoms with Crippen LogP contribution in [0, 0.1) is 5.95 Å². The molecule has 4 nitrogen and oxygen atoms in total. The SMILES string of the molecule is O=C(NCCC1CCCO1)c1cccnc1F. The molecule has 2 heterocycles. The molecule has 1 N–H and O–H groups in total. The van der Waals surface area contributed by atoms with E-state index < -0.39 is 11.9 Å². The zero-order valence-corrected chi connectivity index (χ0v) is 9.49. The van der Waals surface area contributed by atoms with E-state index >= 15 is 0 Å². The number of carbonyl (C=O) groups excluding carboxylic acids is 1. The second kappa shape index (κ2) is 5.72. The first-order chi connectivity index (χ1) is 8.27. The van der Waals surface area contributed by atoms with Crippen LogP contribution in [0.4, 0.5) is 4.39 Å². The second-order valence-electron chi connectivity index (χ2n) is 4.02. The van der Waals surface area contributed by atoms with Gasteiger partial charge in [-0.3, -0.25) is 4.79 Å². The summed E-state index contributed by atoms with van der Waals surface area (Å²) in [6.07, 6.45) is 4.44. The normalized spacial score (nSPS) is 19.2. The molecule has 17 heavy (non-hydrogen) atoms. The molecule has 5 heteroatoms. The molecule has 1 fully saturated rings. The highest BCUT2D eigenvalue weighted by atomic mass is 19.1. The van der Waals surface area contributed by atoms with Crippen molar-refractivity contribution in [2.75, 3.05) is 13.2 Å². The van der Waals surface area contributed by atoms with Crippen molar-refractivity contribution in [3.8, 4) is 0 Å². The van der Waals surface area contributed by atoms with Gasteiger partial charge in [0.25, 0.3) is 5.91 Å². The van der Waals surface area contributed by atoms with E-state index in [1.165, 1.54) is 18.3 Å². The fraction of sp³-hybridized carbons (Fsp3) is 0.500. The van der Waals surface area contributed by atoms with Crippen LogP contribution in [0.3, 0.4) is 0 Å². The van der Waals surface area contributed by atoms with E-state index in [9.17, 15) is 9.18 Å². The minimum atomic E-state index is -0.734. The number of nitrogens with zero attached hydrogens (tertiary/aromatic N) is 1. The lowest BCUT2D eigenvalue weighted by atomic mass is 10.2. The molecule has 0 bridgehead atoms. The Bertz CT molecular complexity index is 392. The maximum Gasteiger partial charge on any atom is 0.255 e. The number of pyridine rings is 1. The highest BCUT2D eigenvalue weighted by Crippen LogP contribution is 2.14. The van der Waals surface area contributed by atoms with Crippen LogP contribution in [-0.2, 0) is 4.74 Å². The summed E-state index contributed by atoms with van der Waals surface area (Å²) in [6, 6.07) is 2.96. The number of ether oxygens (including phenoxy) is 1. The zero-order valence-electron chi connectivity index (χ0n) is 9.49. The van der Waals surface area contributed by atoms with Gasteiger partial charge in [0.15, 0.2) is 0 Å². The topological polar surface area (TPSA) is 51.2 Å². The van der Waals surface area contributed by atoms with Crippen LogP contribution < -0.4 is 5.32 Å². The minimum absolute atomic E-state index is 0.0140. The molecular weight excluding hydrogens is 223 g/mol. The number of halogens is 1. The molecule has 1 aromatic rings. The number of hydrogen-bond donors (Lipinski definition) is 1. The van der Waals surface area contributed by atoms with E-state index in [0.29, 0.717) is 6.54 Å². The van der Waals surface area contributed by atoms with Gasteiger partial charge in [0, 0.05) is 19.3 Å². The summed E-state index contributed by atoms with van der Waals surface area (Å²) in [7, 11) is 0. The summed E-state index contributed by atoms with van der Waals surface area (Å²) in [4.78, 5) is 15.0. The molecule has 1 atom stereocenters. The number of amides is 1. The second-order valence-corrected chi connectivity index (χ2v) is 4.02. The van der Waals surface area contributed by atoms with E-state index in [-0.39, 0.29) is 11.7 Å². The van der Waals surface area contributed by atoms with Gasteiger partial charge in [0.2, 0.25) is 5.95 Å². The van der Waals surface area contributed by atoms with Gasteiger partial charge < -0.3 is 10.1 Å². The summed E-state index contributed by atoms with van der Waals surface area (Å²) >= 11 is 0. The molecule has 0 saturated carbocycles. The zero-order chi connectivity index (χ0) is 12.1. The van der Waals surface area contributed by atoms with E-state index in [4.69, 9.17) is 4.74 Å². The van der Waals surface area contributed by atoms with Gasteiger partial charge in [-0.2, -0.15) is 4.39 Å². The molecule has 1 amide bonds. The van der Waals surface area contributed by atoms with Crippen LogP contribution >= 0.6 is 0 Å². The van der Waals surface area contributed by atoms with Crippen molar-refractivity contribution in [1.29, 1.82) is 0 Å². The lowest BCUT2D eigenvalue weighted by Crippen LogP contribution is -2.27. The van der Waals surface area contributed by atoms with Crippen molar-refractivity contribution < 1.29 is 13.9 Å². The first-order valence-corrected chi connectivity index (χ1v) is 5.77. The molecule has 1 aliphatic rings. The lowest BCUT2D eigenvalue weighted by molar-refractivity contribution is 0.0903. The average Bonchev–Trinajstić information content (AvgIpc) is 2.82. The van der Waals surface area contributed by atoms with Crippen molar-refractivity contribution >= 4 is 5.91 Å². The fourth-order valence-corrected chi connectivity index (χ4v) is 1.87. The predicted molar refractivity (Wildman–Crippen MR) is 60.1 cm³/mol. The molecule has 1 aromatic heterocycles. The van der Waals surface area contributed by atoms with Crippen molar-refractivity contribution in [2.24, 2.45) is 0 Å². The Hall–Kier alpha value is -1.49. The highest BCUT2D eigenvalue weighted by molar-refractivity contribution is 5.94. The van der Waals surface area contributed by atoms with Crippen LogP contribution in [0.25, 0.3) is 0 Å². The third kappa shape index (κ3) is 3.23. The van der Waals surface area contributed by atoms with Crippen LogP contribution in [0.2, 0.25) is 0 Å². The molecule has 92 valence electrons. The van der Waals surface area contributed by atoms with Crippen molar-refractivity contribution in [3.63, 3.8) is 0 Å². The molecule has 0 aliphatic carbocycles. The van der Waals surface area contributed by atoms with E-state index in [2.05, 4.69) is 10.3 Å². The van der Waals surface area contributed by atoms with E-state index in [1.54, 1.807) is 0 Å². The Kier molecular flexibility index (Phi) is 4.03. The standard InChI is InChI=1S/C12H15FN2O2/c13-11-10(4-1-6-14-11)12(16)15-7-5-9-3-2-8-17-9/h1,4,6,9H,2-3,5,7-8H2,(H,15,16). The predicted octanol–water partition coefficient (Wildman–Crippen LogP) is 1.52. The summed E-state index contributed by atoms with van der Waals surface area (Å²) in [5.41, 5.74) is -0.0140. The van der Waals surface area contributed by atoms with Gasteiger partial charge >= 0.3 is 0 Å². The van der Waals surface area contributed by atoms with E-state index in [0.717, 1.165) is 25.9 Å². The number of carbonyl (C=O) groups is 1. The molecule has 1 saturated heterocycles. The van der Waals surface area contributed by atoms with Gasteiger partial charge in [-0.05, 0) is 31.4 Å². The third-order valence-electron chi connectivity index (χ3n) is 2.78. The van der Waals surface area contributed by atoms with Crippen molar-refractivity contribution in [1.82, 2.24) is 10.3 Å².